The Morgan fingerprint density at radius 2 is 2.21 bits per heavy atom. The fraction of sp³-hybridized carbons (Fsp3) is 0.583. The Hall–Kier alpha value is -1.73. The van der Waals surface area contributed by atoms with Gasteiger partial charge in [-0.3, -0.25) is 4.79 Å². The van der Waals surface area contributed by atoms with Crippen LogP contribution >= 0.6 is 0 Å². The summed E-state index contributed by atoms with van der Waals surface area (Å²) in [5, 5.41) is 5.78. The number of carbonyl (C=O) groups excluding carboxylic acids is 1. The zero-order chi connectivity index (χ0) is 14.1. The van der Waals surface area contributed by atoms with Crippen LogP contribution in [0.5, 0.6) is 0 Å². The molecule has 1 aromatic heterocycles. The third-order valence-electron chi connectivity index (χ3n) is 2.32. The number of nitrogens with one attached hydrogen (secondary N) is 2. The van der Waals surface area contributed by atoms with Crippen molar-refractivity contribution in [2.24, 2.45) is 0 Å². The van der Waals surface area contributed by atoms with Crippen LogP contribution in [0.3, 0.4) is 0 Å². The molecule has 0 unspecified atom stereocenters. The van der Waals surface area contributed by atoms with Crippen molar-refractivity contribution in [3.63, 3.8) is 0 Å². The van der Waals surface area contributed by atoms with E-state index in [-0.39, 0.29) is 5.91 Å². The number of nitrogens with zero attached hydrogens (tertiary/aromatic N) is 3. The van der Waals surface area contributed by atoms with E-state index in [9.17, 15) is 4.79 Å². The molecule has 1 heterocycles. The first-order valence-corrected chi connectivity index (χ1v) is 6.12. The van der Waals surface area contributed by atoms with Gasteiger partial charge in [-0.1, -0.05) is 0 Å². The van der Waals surface area contributed by atoms with Gasteiger partial charge in [0.25, 0.3) is 5.91 Å². The molecule has 0 saturated heterocycles. The number of amides is 1. The highest BCUT2D eigenvalue weighted by molar-refractivity contribution is 5.92. The molecule has 1 amide bonds. The van der Waals surface area contributed by atoms with E-state index < -0.39 is 0 Å². The molecule has 7 nitrogen and oxygen atoms in total. The van der Waals surface area contributed by atoms with E-state index in [2.05, 4.69) is 20.6 Å². The average Bonchev–Trinajstić information content (AvgIpc) is 2.39. The molecule has 1 rings (SSSR count). The summed E-state index contributed by atoms with van der Waals surface area (Å²) < 4.78 is 4.86. The molecule has 0 radical (unpaired) electrons. The summed E-state index contributed by atoms with van der Waals surface area (Å²) in [4.78, 5) is 22.0. The van der Waals surface area contributed by atoms with Gasteiger partial charge in [-0.25, -0.2) is 9.97 Å². The molecule has 0 saturated carbocycles. The predicted molar refractivity (Wildman–Crippen MR) is 73.3 cm³/mol. The van der Waals surface area contributed by atoms with Gasteiger partial charge in [0.05, 0.1) is 6.61 Å². The smallest absolute Gasteiger partial charge is 0.270 e. The maximum Gasteiger partial charge on any atom is 0.270 e. The van der Waals surface area contributed by atoms with Gasteiger partial charge in [-0.2, -0.15) is 0 Å². The summed E-state index contributed by atoms with van der Waals surface area (Å²) in [6, 6.07) is 1.58. The third-order valence-corrected chi connectivity index (χ3v) is 2.32. The summed E-state index contributed by atoms with van der Waals surface area (Å²) in [7, 11) is 5.56. The Labute approximate surface area is 113 Å². The first-order chi connectivity index (χ1) is 9.13. The molecular formula is C12H21N5O2. The first-order valence-electron chi connectivity index (χ1n) is 6.12. The molecule has 106 valence electrons. The average molecular weight is 267 g/mol. The Morgan fingerprint density at radius 3 is 2.89 bits per heavy atom. The van der Waals surface area contributed by atoms with Crippen molar-refractivity contribution < 1.29 is 9.53 Å². The maximum absolute atomic E-state index is 11.8. The van der Waals surface area contributed by atoms with Crippen molar-refractivity contribution in [3.8, 4) is 0 Å². The monoisotopic (exact) mass is 267 g/mol. The normalized spacial score (nSPS) is 10.5. The van der Waals surface area contributed by atoms with Gasteiger partial charge in [0.2, 0.25) is 5.95 Å². The fourth-order valence-electron chi connectivity index (χ4n) is 1.32. The highest BCUT2D eigenvalue weighted by atomic mass is 16.5. The van der Waals surface area contributed by atoms with Crippen molar-refractivity contribution >= 4 is 11.9 Å². The molecule has 0 bridgehead atoms. The summed E-state index contributed by atoms with van der Waals surface area (Å²) in [5.41, 5.74) is 0.346. The molecule has 0 spiro atoms. The van der Waals surface area contributed by atoms with Crippen LogP contribution in [0.15, 0.2) is 12.3 Å². The van der Waals surface area contributed by atoms with Crippen LogP contribution in [0, 0.1) is 0 Å². The minimum absolute atomic E-state index is 0.227. The summed E-state index contributed by atoms with van der Waals surface area (Å²) in [6.07, 6.45) is 1.57. The van der Waals surface area contributed by atoms with Gasteiger partial charge < -0.3 is 20.3 Å². The van der Waals surface area contributed by atoms with Crippen LogP contribution in [0.4, 0.5) is 5.95 Å². The lowest BCUT2D eigenvalue weighted by Crippen LogP contribution is -2.28. The van der Waals surface area contributed by atoms with Gasteiger partial charge in [-0.15, -0.1) is 0 Å². The van der Waals surface area contributed by atoms with Crippen LogP contribution < -0.4 is 10.6 Å². The van der Waals surface area contributed by atoms with E-state index in [4.69, 9.17) is 4.74 Å². The first kappa shape index (κ1) is 15.3. The maximum atomic E-state index is 11.8. The third kappa shape index (κ3) is 6.12. The quantitative estimate of drug-likeness (QED) is 0.636. The minimum atomic E-state index is -0.227. The number of ether oxygens (including phenoxy) is 1. The molecule has 19 heavy (non-hydrogen) atoms. The van der Waals surface area contributed by atoms with Crippen LogP contribution in [0.1, 0.15) is 10.5 Å². The van der Waals surface area contributed by atoms with Gasteiger partial charge in [0, 0.05) is 32.9 Å². The number of carbonyl (C=O) groups is 1. The Bertz CT molecular complexity index is 397. The van der Waals surface area contributed by atoms with E-state index in [1.165, 1.54) is 0 Å². The summed E-state index contributed by atoms with van der Waals surface area (Å²) in [5.74, 6) is 0.233. The lowest BCUT2D eigenvalue weighted by atomic mass is 10.4. The lowest BCUT2D eigenvalue weighted by molar-refractivity contribution is 0.0932. The zero-order valence-corrected chi connectivity index (χ0v) is 11.6. The number of aromatic nitrogens is 2. The Balaban J connectivity index is 2.48. The predicted octanol–water partition coefficient (Wildman–Crippen LogP) is -0.174. The number of anilines is 1. The van der Waals surface area contributed by atoms with Crippen LogP contribution in [0.25, 0.3) is 0 Å². The molecule has 2 N–H and O–H groups in total. The van der Waals surface area contributed by atoms with Crippen molar-refractivity contribution in [3.05, 3.63) is 18.0 Å². The second kappa shape index (κ2) is 8.39. The van der Waals surface area contributed by atoms with Crippen molar-refractivity contribution in [2.45, 2.75) is 0 Å². The number of rotatable bonds is 8. The zero-order valence-electron chi connectivity index (χ0n) is 11.6. The second-order valence-corrected chi connectivity index (χ2v) is 4.24. The van der Waals surface area contributed by atoms with E-state index in [1.54, 1.807) is 19.4 Å². The van der Waals surface area contributed by atoms with Crippen molar-refractivity contribution in [2.75, 3.05) is 52.8 Å². The van der Waals surface area contributed by atoms with Crippen molar-refractivity contribution in [1.82, 2.24) is 20.2 Å². The number of hydrogen-bond donors (Lipinski definition) is 2. The molecule has 0 aliphatic heterocycles. The molecule has 7 heteroatoms. The van der Waals surface area contributed by atoms with Gasteiger partial charge in [0.1, 0.15) is 5.69 Å². The number of methoxy groups -OCH3 is 1. The molecule has 0 aromatic carbocycles. The Kier molecular flexibility index (Phi) is 6.76. The highest BCUT2D eigenvalue weighted by Crippen LogP contribution is 2.00. The van der Waals surface area contributed by atoms with Crippen LogP contribution in [-0.4, -0.2) is 68.2 Å². The largest absolute Gasteiger partial charge is 0.383 e. The van der Waals surface area contributed by atoms with Gasteiger partial charge in [-0.05, 0) is 20.2 Å². The second-order valence-electron chi connectivity index (χ2n) is 4.24. The van der Waals surface area contributed by atoms with Gasteiger partial charge in [0.15, 0.2) is 0 Å². The standard InChI is InChI=1S/C12H21N5O2/c1-17(2)8-6-15-12-14-5-4-10(16-12)11(18)13-7-9-19-3/h4-5H,6-9H2,1-3H3,(H,13,18)(H,14,15,16). The minimum Gasteiger partial charge on any atom is -0.383 e. The lowest BCUT2D eigenvalue weighted by Gasteiger charge is -2.10. The number of hydrogen-bond acceptors (Lipinski definition) is 6. The molecular weight excluding hydrogens is 246 g/mol. The SMILES string of the molecule is COCCNC(=O)c1ccnc(NCCN(C)C)n1. The highest BCUT2D eigenvalue weighted by Gasteiger charge is 2.07. The molecule has 1 aromatic rings. The molecule has 0 fully saturated rings. The summed E-state index contributed by atoms with van der Waals surface area (Å²) >= 11 is 0. The van der Waals surface area contributed by atoms with E-state index >= 15 is 0 Å². The fourth-order valence-corrected chi connectivity index (χ4v) is 1.32. The van der Waals surface area contributed by atoms with Crippen LogP contribution in [0.2, 0.25) is 0 Å². The number of likely N-dealkylation sites (N-methyl/N-ethyl adjacent to an activating group) is 1. The molecule has 0 atom stereocenters. The van der Waals surface area contributed by atoms with Crippen molar-refractivity contribution in [1.29, 1.82) is 0 Å². The van der Waals surface area contributed by atoms with E-state index in [1.807, 2.05) is 19.0 Å². The Morgan fingerprint density at radius 1 is 1.42 bits per heavy atom. The van der Waals surface area contributed by atoms with E-state index in [0.29, 0.717) is 24.8 Å². The molecule has 0 aliphatic rings. The van der Waals surface area contributed by atoms with E-state index in [0.717, 1.165) is 13.1 Å². The van der Waals surface area contributed by atoms with Gasteiger partial charge >= 0.3 is 0 Å². The molecule has 0 aliphatic carbocycles. The van der Waals surface area contributed by atoms with Crippen LogP contribution in [-0.2, 0) is 4.74 Å². The summed E-state index contributed by atoms with van der Waals surface area (Å²) in [6.45, 7) is 2.53. The topological polar surface area (TPSA) is 79.4 Å².